The lowest BCUT2D eigenvalue weighted by Gasteiger charge is -2.06. The van der Waals surface area contributed by atoms with E-state index in [1.807, 2.05) is 0 Å². The Morgan fingerprint density at radius 2 is 1.09 bits per heavy atom. The van der Waals surface area contributed by atoms with E-state index in [2.05, 4.69) is 10.0 Å². The lowest BCUT2D eigenvalue weighted by atomic mass is 10.1. The van der Waals surface area contributed by atoms with Gasteiger partial charge in [0, 0.05) is 56.8 Å². The second-order valence-corrected chi connectivity index (χ2v) is 12.0. The number of nitrogens with zero attached hydrogens (tertiary/aromatic N) is 9. The minimum absolute atomic E-state index is 0.00748. The molecule has 23 nitrogen and oxygen atoms in total. The normalized spacial score (nSPS) is 12.1. The summed E-state index contributed by atoms with van der Waals surface area (Å²) < 4.78 is 54.5. The number of nitrogens with two attached hydrogens (primary N) is 2. The highest BCUT2D eigenvalue weighted by Gasteiger charge is 2.45. The molecule has 3 aromatic rings. The van der Waals surface area contributed by atoms with Crippen LogP contribution in [0.1, 0.15) is 16.7 Å². The van der Waals surface area contributed by atoms with Crippen LogP contribution in [0.15, 0.2) is 82.4 Å². The van der Waals surface area contributed by atoms with Gasteiger partial charge in [-0.1, -0.05) is 41.5 Å². The van der Waals surface area contributed by atoms with E-state index in [0.29, 0.717) is 18.4 Å². The molecule has 3 atom stereocenters. The number of benzene rings is 3. The number of nitro groups is 3. The number of non-ortho nitro benzene ring substituents is 3. The third-order valence-electron chi connectivity index (χ3n) is 6.28. The Hall–Kier alpha value is -6.47. The number of hydrogen-bond donors (Lipinski definition) is 5. The molecule has 0 saturated heterocycles. The summed E-state index contributed by atoms with van der Waals surface area (Å²) in [5, 5.41) is 60.6. The molecule has 0 radical (unpaired) electrons. The van der Waals surface area contributed by atoms with Crippen molar-refractivity contribution in [1.29, 1.82) is 0 Å². The van der Waals surface area contributed by atoms with E-state index >= 15 is 0 Å². The largest absolute Gasteiger partial charge is 0.504 e. The Balaban J connectivity index is 0.000000716. The molecule has 0 aromatic heterocycles. The average Bonchev–Trinajstić information content (AvgIpc) is 3.12. The number of aliphatic carboxylic acids is 1. The number of carbonyl (C=O) groups is 1. The average molecular weight is 804 g/mol. The minimum Gasteiger partial charge on any atom is -0.480 e. The molecule has 27 heteroatoms. The van der Waals surface area contributed by atoms with Crippen molar-refractivity contribution < 1.29 is 56.5 Å². The van der Waals surface area contributed by atoms with Crippen molar-refractivity contribution in [2.75, 3.05) is 13.2 Å². The minimum atomic E-state index is -5.64. The van der Waals surface area contributed by atoms with Crippen LogP contribution in [0.4, 0.5) is 30.2 Å². The molecule has 7 N–H and O–H groups in total. The maximum Gasteiger partial charge on any atom is 0.504 e. The molecule has 0 unspecified atom stereocenters. The quantitative estimate of drug-likeness (QED) is 0.0506. The molecule has 0 aliphatic heterocycles. The van der Waals surface area contributed by atoms with Gasteiger partial charge in [-0.15, -0.1) is 0 Å². The SMILES string of the molecule is N[C@@H](Cc1ccc([N+](=O)[O-])cc1)C(=O)O.N[C@H](CO)Cc1ccc([N+](=O)[O-])cc1.[N-]=[N+]=NS(=O)(=O)C(F)(F)F.[N-]=[N+]=N[C@H](CO)Cc1ccc([N+](=O)[O-])cc1. The van der Waals surface area contributed by atoms with E-state index in [1.54, 1.807) is 28.8 Å². The molecule has 0 spiro atoms. The zero-order valence-electron chi connectivity index (χ0n) is 27.9. The first-order valence-corrected chi connectivity index (χ1v) is 16.1. The van der Waals surface area contributed by atoms with Crippen molar-refractivity contribution >= 4 is 33.1 Å². The maximum atomic E-state index is 11.2. The van der Waals surface area contributed by atoms with E-state index in [-0.39, 0.29) is 42.7 Å². The number of hydrogen-bond acceptors (Lipinski definition) is 14. The summed E-state index contributed by atoms with van der Waals surface area (Å²) in [5.41, 5.74) is 23.3. The fourth-order valence-electron chi connectivity index (χ4n) is 3.55. The Morgan fingerprint density at radius 3 is 1.35 bits per heavy atom. The van der Waals surface area contributed by atoms with Gasteiger partial charge in [0.15, 0.2) is 0 Å². The first kappa shape index (κ1) is 48.5. The maximum absolute atomic E-state index is 11.2. The summed E-state index contributed by atoms with van der Waals surface area (Å²) in [6.45, 7) is -0.335. The summed E-state index contributed by atoms with van der Waals surface area (Å²) in [5.74, 6) is -1.09. The molecule has 0 bridgehead atoms. The number of alkyl halides is 3. The van der Waals surface area contributed by atoms with Crippen molar-refractivity contribution in [2.24, 2.45) is 21.1 Å². The van der Waals surface area contributed by atoms with Gasteiger partial charge < -0.3 is 26.8 Å². The third kappa shape index (κ3) is 19.3. The molecule has 298 valence electrons. The predicted octanol–water partition coefficient (Wildman–Crippen LogP) is 3.96. The van der Waals surface area contributed by atoms with Crippen LogP contribution in [-0.2, 0) is 34.1 Å². The van der Waals surface area contributed by atoms with Crippen molar-refractivity contribution in [2.45, 2.75) is 42.9 Å². The molecule has 0 fully saturated rings. The highest BCUT2D eigenvalue weighted by Crippen LogP contribution is 2.24. The van der Waals surface area contributed by atoms with Gasteiger partial charge in [0.05, 0.1) is 34.0 Å². The molecule has 3 rings (SSSR count). The Kier molecular flexibility index (Phi) is 21.1. The Bertz CT molecular complexity index is 1930. The lowest BCUT2D eigenvalue weighted by molar-refractivity contribution is -0.385. The van der Waals surface area contributed by atoms with Crippen LogP contribution in [0.5, 0.6) is 0 Å². The molecule has 3 aromatic carbocycles. The summed E-state index contributed by atoms with van der Waals surface area (Å²) in [6.07, 6.45) is 1.04. The van der Waals surface area contributed by atoms with E-state index in [1.165, 1.54) is 53.4 Å². The van der Waals surface area contributed by atoms with Crippen molar-refractivity contribution in [3.05, 3.63) is 141 Å². The number of sulfonamides is 1. The smallest absolute Gasteiger partial charge is 0.480 e. The summed E-state index contributed by atoms with van der Waals surface area (Å²) in [7, 11) is -5.64. The molecule has 0 heterocycles. The predicted molar refractivity (Wildman–Crippen MR) is 185 cm³/mol. The van der Waals surface area contributed by atoms with Gasteiger partial charge in [0.25, 0.3) is 17.1 Å². The van der Waals surface area contributed by atoms with Crippen molar-refractivity contribution in [1.82, 2.24) is 0 Å². The van der Waals surface area contributed by atoms with Crippen LogP contribution in [0.25, 0.3) is 20.9 Å². The van der Waals surface area contributed by atoms with Crippen molar-refractivity contribution in [3.63, 3.8) is 0 Å². The Labute approximate surface area is 307 Å². The first-order valence-electron chi connectivity index (χ1n) is 14.7. The fraction of sp³-hybridized carbons (Fsp3) is 0.321. The zero-order valence-corrected chi connectivity index (χ0v) is 28.7. The molecule has 0 aliphatic carbocycles. The van der Waals surface area contributed by atoms with Gasteiger partial charge in [-0.25, -0.2) is 8.42 Å². The number of rotatable bonds is 14. The highest BCUT2D eigenvalue weighted by molar-refractivity contribution is 7.90. The van der Waals surface area contributed by atoms with E-state index in [9.17, 15) is 56.7 Å². The van der Waals surface area contributed by atoms with Gasteiger partial charge in [-0.2, -0.15) is 13.2 Å². The zero-order chi connectivity index (χ0) is 42.4. The lowest BCUT2D eigenvalue weighted by Crippen LogP contribution is -2.32. The first-order chi connectivity index (χ1) is 25.6. The molecular weight excluding hydrogens is 771 g/mol. The number of aliphatic hydroxyl groups excluding tert-OH is 2. The van der Waals surface area contributed by atoms with Gasteiger partial charge in [-0.05, 0) is 47.0 Å². The molecule has 55 heavy (non-hydrogen) atoms. The van der Waals surface area contributed by atoms with Crippen LogP contribution in [-0.4, -0.2) is 81.3 Å². The molecule has 0 saturated carbocycles. The topological polar surface area (TPSA) is 391 Å². The van der Waals surface area contributed by atoms with Gasteiger partial charge >= 0.3 is 21.5 Å². The second-order valence-electron chi connectivity index (χ2n) is 10.4. The van der Waals surface area contributed by atoms with Gasteiger partial charge in [0.1, 0.15) is 6.04 Å². The summed E-state index contributed by atoms with van der Waals surface area (Å²) >= 11 is 0. The van der Waals surface area contributed by atoms with Crippen LogP contribution in [0, 0.1) is 30.3 Å². The fourth-order valence-corrected chi connectivity index (χ4v) is 3.74. The van der Waals surface area contributed by atoms with Crippen LogP contribution < -0.4 is 11.5 Å². The molecule has 0 amide bonds. The number of carboxylic acids is 1. The van der Waals surface area contributed by atoms with Crippen LogP contribution in [0.3, 0.4) is 0 Å². The second kappa shape index (κ2) is 24.0. The summed E-state index contributed by atoms with van der Waals surface area (Å²) in [4.78, 5) is 44.1. The highest BCUT2D eigenvalue weighted by atomic mass is 32.2. The van der Waals surface area contributed by atoms with E-state index < -0.39 is 48.4 Å². The van der Waals surface area contributed by atoms with Crippen LogP contribution in [0.2, 0.25) is 0 Å². The molecule has 0 aliphatic rings. The van der Waals surface area contributed by atoms with Crippen LogP contribution >= 0.6 is 0 Å². The Morgan fingerprint density at radius 1 is 0.727 bits per heavy atom. The van der Waals surface area contributed by atoms with E-state index in [4.69, 9.17) is 37.8 Å². The number of carboxylic acid groups (broad SMARTS) is 1. The number of halogens is 3. The van der Waals surface area contributed by atoms with E-state index in [0.717, 1.165) is 11.1 Å². The number of aliphatic hydroxyl groups is 2. The summed E-state index contributed by atoms with van der Waals surface area (Å²) in [6, 6.07) is 15.9. The monoisotopic (exact) mass is 803 g/mol. The van der Waals surface area contributed by atoms with Crippen molar-refractivity contribution in [3.8, 4) is 0 Å². The van der Waals surface area contributed by atoms with Gasteiger partial charge in [-0.3, -0.25) is 35.1 Å². The third-order valence-corrected chi connectivity index (χ3v) is 7.15. The number of azide groups is 2. The van der Waals surface area contributed by atoms with Gasteiger partial charge in [0.2, 0.25) is 0 Å². The molecular formula is C28H32F3N11O12S. The standard InChI is InChI=1S/C9H10N4O3.C9H10N2O4.C9H12N2O3.CF3N3O2S/c10-12-11-8(6-14)5-7-1-3-9(4-2-7)13(15)16;10-8(9(12)13)5-6-1-3-7(4-2-6)11(14)15;10-8(6-12)5-7-1-3-9(4-2-7)11(13)14;2-1(3,4)10(8,9)7-6-5/h1-4,8,14H,5-6H2;1-4,8H,5,10H2,(H,12,13);1-4,8,12H,5-6,10H2;/t3*8-;/m000./s1. The number of nitro benzene ring substituents is 3.